The number of carbonyl (C=O) groups is 2. The molecular weight excluding hydrogens is 515 g/mol. The number of aliphatic hydroxyl groups is 1. The first-order valence-corrected chi connectivity index (χ1v) is 12.8. The number of rotatable bonds is 10. The molecule has 39 heavy (non-hydrogen) atoms. The van der Waals surface area contributed by atoms with Gasteiger partial charge in [0.25, 0.3) is 5.91 Å². The quantitative estimate of drug-likeness (QED) is 0.457. The monoisotopic (exact) mass is 551 g/mol. The maximum atomic E-state index is 13.5. The van der Waals surface area contributed by atoms with Gasteiger partial charge in [0.05, 0.1) is 31.7 Å². The highest BCUT2D eigenvalue weighted by Crippen LogP contribution is 2.31. The minimum Gasteiger partial charge on any atom is -0.497 e. The van der Waals surface area contributed by atoms with Crippen molar-refractivity contribution in [3.63, 3.8) is 0 Å². The van der Waals surface area contributed by atoms with Crippen LogP contribution < -0.4 is 14.8 Å². The fraction of sp³-hybridized carbons (Fsp3) is 0.500. The first-order valence-electron chi connectivity index (χ1n) is 12.8. The molecule has 3 atom stereocenters. The average Bonchev–Trinajstić information content (AvgIpc) is 2.89. The number of hydrogen-bond acceptors (Lipinski definition) is 6. The fourth-order valence-electron chi connectivity index (χ4n) is 4.41. The number of halogens is 3. The number of nitrogens with one attached hydrogen (secondary N) is 1. The van der Waals surface area contributed by atoms with E-state index in [1.165, 1.54) is 12.1 Å². The van der Waals surface area contributed by atoms with Gasteiger partial charge in [-0.15, -0.1) is 0 Å². The smallest absolute Gasteiger partial charge is 0.389 e. The molecule has 0 aliphatic carbocycles. The molecule has 2 amide bonds. The number of carbonyl (C=O) groups excluding carboxylic acids is 2. The SMILES string of the molecule is COc1ccc(CN(C)C[C@@H]2Oc3ccc(NC(=O)CCC(F)(F)F)cc3C(=O)N([C@@H](C)CO)C[C@H]2C)cc1. The van der Waals surface area contributed by atoms with Gasteiger partial charge in [0.2, 0.25) is 5.91 Å². The van der Waals surface area contributed by atoms with Crippen LogP contribution in [0.2, 0.25) is 0 Å². The summed E-state index contributed by atoms with van der Waals surface area (Å²) in [5, 5.41) is 12.3. The van der Waals surface area contributed by atoms with Gasteiger partial charge in [-0.2, -0.15) is 13.2 Å². The van der Waals surface area contributed by atoms with Crippen molar-refractivity contribution in [1.82, 2.24) is 9.80 Å². The summed E-state index contributed by atoms with van der Waals surface area (Å²) >= 11 is 0. The number of aliphatic hydroxyl groups excluding tert-OH is 1. The molecule has 11 heteroatoms. The highest BCUT2D eigenvalue weighted by Gasteiger charge is 2.34. The van der Waals surface area contributed by atoms with E-state index < -0.39 is 36.9 Å². The molecule has 0 saturated carbocycles. The van der Waals surface area contributed by atoms with Crippen LogP contribution in [0, 0.1) is 5.92 Å². The van der Waals surface area contributed by atoms with Crippen molar-refractivity contribution in [2.24, 2.45) is 5.92 Å². The number of nitrogens with zero attached hydrogens (tertiary/aromatic N) is 2. The molecule has 0 fully saturated rings. The highest BCUT2D eigenvalue weighted by molar-refractivity contribution is 5.99. The van der Waals surface area contributed by atoms with Crippen LogP contribution in [0.3, 0.4) is 0 Å². The Morgan fingerprint density at radius 3 is 2.56 bits per heavy atom. The molecule has 0 unspecified atom stereocenters. The number of anilines is 1. The molecule has 1 aliphatic rings. The third-order valence-electron chi connectivity index (χ3n) is 6.69. The Bertz CT molecular complexity index is 1130. The average molecular weight is 552 g/mol. The van der Waals surface area contributed by atoms with Gasteiger partial charge in [-0.1, -0.05) is 19.1 Å². The predicted octanol–water partition coefficient (Wildman–Crippen LogP) is 4.33. The molecule has 2 aromatic carbocycles. The number of methoxy groups -OCH3 is 1. The zero-order chi connectivity index (χ0) is 28.7. The van der Waals surface area contributed by atoms with Crippen LogP contribution >= 0.6 is 0 Å². The highest BCUT2D eigenvalue weighted by atomic mass is 19.4. The molecule has 1 heterocycles. The summed E-state index contributed by atoms with van der Waals surface area (Å²) in [6.45, 7) is 4.99. The van der Waals surface area contributed by atoms with Crippen molar-refractivity contribution < 1.29 is 37.3 Å². The second-order valence-corrected chi connectivity index (χ2v) is 10.0. The Balaban J connectivity index is 1.82. The lowest BCUT2D eigenvalue weighted by Gasteiger charge is -2.38. The van der Waals surface area contributed by atoms with Gasteiger partial charge in [-0.05, 0) is 49.9 Å². The van der Waals surface area contributed by atoms with Gasteiger partial charge >= 0.3 is 6.18 Å². The van der Waals surface area contributed by atoms with Crippen LogP contribution in [-0.2, 0) is 11.3 Å². The predicted molar refractivity (Wildman–Crippen MR) is 141 cm³/mol. The van der Waals surface area contributed by atoms with Crippen molar-refractivity contribution in [1.29, 1.82) is 0 Å². The molecule has 8 nitrogen and oxygen atoms in total. The van der Waals surface area contributed by atoms with E-state index in [0.717, 1.165) is 11.3 Å². The number of amides is 2. The van der Waals surface area contributed by atoms with E-state index in [2.05, 4.69) is 10.2 Å². The minimum absolute atomic E-state index is 0.0869. The van der Waals surface area contributed by atoms with Gasteiger partial charge in [0, 0.05) is 37.7 Å². The lowest BCUT2D eigenvalue weighted by Crippen LogP contribution is -2.49. The van der Waals surface area contributed by atoms with Gasteiger partial charge in [0.1, 0.15) is 17.6 Å². The molecule has 0 spiro atoms. The first-order chi connectivity index (χ1) is 18.4. The minimum atomic E-state index is -4.44. The zero-order valence-corrected chi connectivity index (χ0v) is 22.6. The summed E-state index contributed by atoms with van der Waals surface area (Å²) in [5.74, 6) is -0.212. The van der Waals surface area contributed by atoms with Crippen molar-refractivity contribution in [3.8, 4) is 11.5 Å². The Hall–Kier alpha value is -3.31. The lowest BCUT2D eigenvalue weighted by molar-refractivity contribution is -0.142. The summed E-state index contributed by atoms with van der Waals surface area (Å²) in [6.07, 6.45) is -6.73. The van der Waals surface area contributed by atoms with Gasteiger partial charge in [0.15, 0.2) is 0 Å². The van der Waals surface area contributed by atoms with Crippen LogP contribution in [0.15, 0.2) is 42.5 Å². The van der Waals surface area contributed by atoms with Crippen molar-refractivity contribution in [3.05, 3.63) is 53.6 Å². The Morgan fingerprint density at radius 2 is 1.95 bits per heavy atom. The lowest BCUT2D eigenvalue weighted by atomic mass is 9.99. The van der Waals surface area contributed by atoms with E-state index in [9.17, 15) is 27.9 Å². The summed E-state index contributed by atoms with van der Waals surface area (Å²) in [6, 6.07) is 11.7. The molecule has 2 N–H and O–H groups in total. The normalized spacial score (nSPS) is 18.6. The summed E-state index contributed by atoms with van der Waals surface area (Å²) < 4.78 is 49.1. The molecule has 3 rings (SSSR count). The van der Waals surface area contributed by atoms with E-state index in [0.29, 0.717) is 25.4 Å². The van der Waals surface area contributed by atoms with E-state index in [1.807, 2.05) is 38.2 Å². The third-order valence-corrected chi connectivity index (χ3v) is 6.69. The van der Waals surface area contributed by atoms with Crippen LogP contribution in [0.25, 0.3) is 0 Å². The number of benzene rings is 2. The van der Waals surface area contributed by atoms with Crippen molar-refractivity contribution in [2.45, 2.75) is 51.6 Å². The molecule has 1 aliphatic heterocycles. The number of hydrogen-bond donors (Lipinski definition) is 2. The van der Waals surface area contributed by atoms with Crippen molar-refractivity contribution in [2.75, 3.05) is 39.2 Å². The van der Waals surface area contributed by atoms with E-state index in [4.69, 9.17) is 9.47 Å². The molecule has 2 aromatic rings. The van der Waals surface area contributed by atoms with Crippen LogP contribution in [0.1, 0.15) is 42.6 Å². The maximum Gasteiger partial charge on any atom is 0.389 e. The Kier molecular flexibility index (Phi) is 10.2. The Labute approximate surface area is 226 Å². The second-order valence-electron chi connectivity index (χ2n) is 10.0. The Morgan fingerprint density at radius 1 is 1.26 bits per heavy atom. The molecular formula is C28H36F3N3O5. The number of ether oxygens (including phenoxy) is 2. The van der Waals surface area contributed by atoms with Gasteiger partial charge < -0.3 is 24.8 Å². The summed E-state index contributed by atoms with van der Waals surface area (Å²) in [7, 11) is 3.58. The number of fused-ring (bicyclic) bond motifs is 1. The fourth-order valence-corrected chi connectivity index (χ4v) is 4.41. The van der Waals surface area contributed by atoms with Crippen LogP contribution in [-0.4, -0.2) is 78.9 Å². The topological polar surface area (TPSA) is 91.3 Å². The first kappa shape index (κ1) is 30.2. The van der Waals surface area contributed by atoms with E-state index in [1.54, 1.807) is 25.0 Å². The number of alkyl halides is 3. The zero-order valence-electron chi connectivity index (χ0n) is 22.6. The van der Waals surface area contributed by atoms with Gasteiger partial charge in [-0.3, -0.25) is 14.5 Å². The van der Waals surface area contributed by atoms with Crippen molar-refractivity contribution >= 4 is 17.5 Å². The third kappa shape index (κ3) is 8.59. The maximum absolute atomic E-state index is 13.5. The molecule has 0 saturated heterocycles. The molecule has 214 valence electrons. The largest absolute Gasteiger partial charge is 0.497 e. The molecule has 0 radical (unpaired) electrons. The standard InChI is InChI=1S/C28H36F3N3O5/c1-18-14-34(19(2)17-35)27(37)23-13-21(32-26(36)11-12-28(29,30)31)7-10-24(23)39-25(18)16-33(3)15-20-5-8-22(38-4)9-6-20/h5-10,13,18-19,25,35H,11-12,14-17H2,1-4H3,(H,32,36)/t18-,19+,25+/m1/s1. The summed E-state index contributed by atoms with van der Waals surface area (Å²) in [5.41, 5.74) is 1.45. The van der Waals surface area contributed by atoms with Gasteiger partial charge in [-0.25, -0.2) is 0 Å². The second kappa shape index (κ2) is 13.2. The van der Waals surface area contributed by atoms with Crippen LogP contribution in [0.4, 0.5) is 18.9 Å². The van der Waals surface area contributed by atoms with Crippen LogP contribution in [0.5, 0.6) is 11.5 Å². The number of likely N-dealkylation sites (N-methyl/N-ethyl adjacent to an activating group) is 1. The van der Waals surface area contributed by atoms with E-state index in [-0.39, 0.29) is 29.9 Å². The van der Waals surface area contributed by atoms with E-state index >= 15 is 0 Å². The molecule has 0 aromatic heterocycles. The molecule has 0 bridgehead atoms. The summed E-state index contributed by atoms with van der Waals surface area (Å²) in [4.78, 5) is 29.3.